The first kappa shape index (κ1) is 17.9. The van der Waals surface area contributed by atoms with E-state index in [9.17, 15) is 14.4 Å². The highest BCUT2D eigenvalue weighted by Gasteiger charge is 2.09. The van der Waals surface area contributed by atoms with Gasteiger partial charge in [-0.15, -0.1) is 0 Å². The number of amides is 1. The van der Waals surface area contributed by atoms with Crippen LogP contribution in [0.1, 0.15) is 22.8 Å². The summed E-state index contributed by atoms with van der Waals surface area (Å²) in [7, 11) is 0. The molecule has 0 bridgehead atoms. The molecule has 0 spiro atoms. The first-order chi connectivity index (χ1) is 11.4. The van der Waals surface area contributed by atoms with Gasteiger partial charge in [-0.1, -0.05) is 28.1 Å². The van der Waals surface area contributed by atoms with Crippen LogP contribution in [0.3, 0.4) is 0 Å². The molecule has 2 aromatic carbocycles. The maximum atomic E-state index is 11.8. The molecule has 6 heteroatoms. The predicted octanol–water partition coefficient (Wildman–Crippen LogP) is 3.38. The SMILES string of the molecule is CC(=O)c1ccc(NC(=O)COC(=O)Cc2ccc(Br)cc2)cc1. The third kappa shape index (κ3) is 5.62. The highest BCUT2D eigenvalue weighted by atomic mass is 79.9. The monoisotopic (exact) mass is 389 g/mol. The van der Waals surface area contributed by atoms with E-state index < -0.39 is 11.9 Å². The summed E-state index contributed by atoms with van der Waals surface area (Å²) in [5.74, 6) is -0.955. The zero-order chi connectivity index (χ0) is 17.5. The molecule has 1 amide bonds. The molecule has 5 nitrogen and oxygen atoms in total. The highest BCUT2D eigenvalue weighted by molar-refractivity contribution is 9.10. The summed E-state index contributed by atoms with van der Waals surface area (Å²) in [6.07, 6.45) is 0.105. The average molecular weight is 390 g/mol. The van der Waals surface area contributed by atoms with Crippen molar-refractivity contribution < 1.29 is 19.1 Å². The van der Waals surface area contributed by atoms with Gasteiger partial charge in [0, 0.05) is 15.7 Å². The molecule has 2 aromatic rings. The van der Waals surface area contributed by atoms with Gasteiger partial charge in [-0.3, -0.25) is 14.4 Å². The van der Waals surface area contributed by atoms with Crippen LogP contribution >= 0.6 is 15.9 Å². The quantitative estimate of drug-likeness (QED) is 0.607. The van der Waals surface area contributed by atoms with Crippen LogP contribution in [-0.4, -0.2) is 24.3 Å². The van der Waals surface area contributed by atoms with E-state index in [1.807, 2.05) is 24.3 Å². The molecule has 124 valence electrons. The number of carbonyl (C=O) groups excluding carboxylic acids is 3. The fourth-order valence-electron chi connectivity index (χ4n) is 1.95. The Hall–Kier alpha value is -2.47. The first-order valence-corrected chi connectivity index (χ1v) is 8.04. The largest absolute Gasteiger partial charge is 0.455 e. The average Bonchev–Trinajstić information content (AvgIpc) is 2.55. The minimum absolute atomic E-state index is 0.0465. The van der Waals surface area contributed by atoms with Crippen LogP contribution in [0.2, 0.25) is 0 Å². The van der Waals surface area contributed by atoms with Gasteiger partial charge in [-0.05, 0) is 48.9 Å². The zero-order valence-corrected chi connectivity index (χ0v) is 14.6. The third-order valence-electron chi connectivity index (χ3n) is 3.20. The molecule has 2 rings (SSSR count). The van der Waals surface area contributed by atoms with Crippen molar-refractivity contribution in [2.75, 3.05) is 11.9 Å². The molecular weight excluding hydrogens is 374 g/mol. The number of Topliss-reactive ketones (excluding diaryl/α,β-unsaturated/α-hetero) is 1. The molecule has 0 aliphatic heterocycles. The van der Waals surface area contributed by atoms with E-state index in [1.54, 1.807) is 24.3 Å². The van der Waals surface area contributed by atoms with Crippen molar-refractivity contribution in [1.82, 2.24) is 0 Å². The van der Waals surface area contributed by atoms with Crippen molar-refractivity contribution in [2.45, 2.75) is 13.3 Å². The molecule has 0 heterocycles. The fraction of sp³-hybridized carbons (Fsp3) is 0.167. The minimum atomic E-state index is -0.473. The van der Waals surface area contributed by atoms with E-state index in [4.69, 9.17) is 4.74 Å². The molecule has 0 fully saturated rings. The summed E-state index contributed by atoms with van der Waals surface area (Å²) < 4.78 is 5.88. The maximum absolute atomic E-state index is 11.8. The number of hydrogen-bond acceptors (Lipinski definition) is 4. The van der Waals surface area contributed by atoms with Crippen LogP contribution in [0, 0.1) is 0 Å². The zero-order valence-electron chi connectivity index (χ0n) is 13.0. The third-order valence-corrected chi connectivity index (χ3v) is 3.73. The number of anilines is 1. The Morgan fingerprint density at radius 3 is 2.21 bits per heavy atom. The number of hydrogen-bond donors (Lipinski definition) is 1. The smallest absolute Gasteiger partial charge is 0.310 e. The summed E-state index contributed by atoms with van der Waals surface area (Å²) in [5, 5.41) is 2.60. The number of carbonyl (C=O) groups is 3. The number of rotatable bonds is 6. The highest BCUT2D eigenvalue weighted by Crippen LogP contribution is 2.12. The lowest BCUT2D eigenvalue weighted by Gasteiger charge is -2.07. The molecular formula is C18H16BrNO4. The first-order valence-electron chi connectivity index (χ1n) is 7.25. The summed E-state index contributed by atoms with van der Waals surface area (Å²) in [6, 6.07) is 13.8. The molecule has 0 saturated heterocycles. The number of ketones is 1. The van der Waals surface area contributed by atoms with Gasteiger partial charge in [0.05, 0.1) is 6.42 Å². The number of halogens is 1. The number of ether oxygens (including phenoxy) is 1. The van der Waals surface area contributed by atoms with E-state index in [0.29, 0.717) is 11.3 Å². The second-order valence-corrected chi connectivity index (χ2v) is 6.06. The van der Waals surface area contributed by atoms with Crippen molar-refractivity contribution in [2.24, 2.45) is 0 Å². The van der Waals surface area contributed by atoms with Gasteiger partial charge in [-0.25, -0.2) is 0 Å². The second kappa shape index (κ2) is 8.40. The molecule has 0 atom stereocenters. The van der Waals surface area contributed by atoms with Gasteiger partial charge >= 0.3 is 5.97 Å². The molecule has 0 unspecified atom stereocenters. The van der Waals surface area contributed by atoms with Crippen LogP contribution in [0.5, 0.6) is 0 Å². The van der Waals surface area contributed by atoms with Crippen LogP contribution in [0.15, 0.2) is 53.0 Å². The molecule has 0 aliphatic rings. The number of benzene rings is 2. The molecule has 1 N–H and O–H groups in total. The second-order valence-electron chi connectivity index (χ2n) is 5.15. The van der Waals surface area contributed by atoms with E-state index in [1.165, 1.54) is 6.92 Å². The van der Waals surface area contributed by atoms with Crippen LogP contribution in [-0.2, 0) is 20.7 Å². The normalized spacial score (nSPS) is 10.1. The summed E-state index contributed by atoms with van der Waals surface area (Å²) >= 11 is 3.32. The Morgan fingerprint density at radius 2 is 1.62 bits per heavy atom. The van der Waals surface area contributed by atoms with Gasteiger partial charge < -0.3 is 10.1 Å². The lowest BCUT2D eigenvalue weighted by Crippen LogP contribution is -2.21. The van der Waals surface area contributed by atoms with E-state index in [0.717, 1.165) is 10.0 Å². The lowest BCUT2D eigenvalue weighted by molar-refractivity contribution is -0.146. The van der Waals surface area contributed by atoms with E-state index >= 15 is 0 Å². The Labute approximate surface area is 148 Å². The molecule has 0 radical (unpaired) electrons. The summed E-state index contributed by atoms with van der Waals surface area (Å²) in [5.41, 5.74) is 1.91. The van der Waals surface area contributed by atoms with Gasteiger partial charge in [0.1, 0.15) is 0 Å². The number of esters is 1. The molecule has 0 saturated carbocycles. The topological polar surface area (TPSA) is 72.5 Å². The lowest BCUT2D eigenvalue weighted by atomic mass is 10.1. The summed E-state index contributed by atoms with van der Waals surface area (Å²) in [6.45, 7) is 1.11. The van der Waals surface area contributed by atoms with Gasteiger partial charge in [0.2, 0.25) is 0 Å². The Kier molecular flexibility index (Phi) is 6.26. The van der Waals surface area contributed by atoms with Crippen LogP contribution in [0.25, 0.3) is 0 Å². The van der Waals surface area contributed by atoms with Gasteiger partial charge in [0.25, 0.3) is 5.91 Å². The number of nitrogens with one attached hydrogen (secondary N) is 1. The minimum Gasteiger partial charge on any atom is -0.455 e. The van der Waals surface area contributed by atoms with Crippen molar-refractivity contribution in [3.63, 3.8) is 0 Å². The Morgan fingerprint density at radius 1 is 1.00 bits per heavy atom. The Bertz CT molecular complexity index is 739. The van der Waals surface area contributed by atoms with E-state index in [-0.39, 0.29) is 18.8 Å². The van der Waals surface area contributed by atoms with Crippen LogP contribution < -0.4 is 5.32 Å². The standard InChI is InChI=1S/C18H16BrNO4/c1-12(21)14-4-8-16(9-5-14)20-17(22)11-24-18(23)10-13-2-6-15(19)7-3-13/h2-9H,10-11H2,1H3,(H,20,22). The van der Waals surface area contributed by atoms with Crippen LogP contribution in [0.4, 0.5) is 5.69 Å². The van der Waals surface area contributed by atoms with Gasteiger partial charge in [-0.2, -0.15) is 0 Å². The molecule has 0 aliphatic carbocycles. The van der Waals surface area contributed by atoms with Gasteiger partial charge in [0.15, 0.2) is 12.4 Å². The van der Waals surface area contributed by atoms with Crippen molar-refractivity contribution in [1.29, 1.82) is 0 Å². The molecule has 0 aromatic heterocycles. The van der Waals surface area contributed by atoms with Crippen molar-refractivity contribution in [3.8, 4) is 0 Å². The van der Waals surface area contributed by atoms with E-state index in [2.05, 4.69) is 21.2 Å². The predicted molar refractivity (Wildman–Crippen MR) is 93.9 cm³/mol. The van der Waals surface area contributed by atoms with Crippen molar-refractivity contribution in [3.05, 3.63) is 64.1 Å². The maximum Gasteiger partial charge on any atom is 0.310 e. The Balaban J connectivity index is 1.78. The molecule has 24 heavy (non-hydrogen) atoms. The van der Waals surface area contributed by atoms with Crippen molar-refractivity contribution >= 4 is 39.3 Å². The summed E-state index contributed by atoms with van der Waals surface area (Å²) in [4.78, 5) is 34.7. The fourth-order valence-corrected chi connectivity index (χ4v) is 2.22.